The summed E-state index contributed by atoms with van der Waals surface area (Å²) >= 11 is 0. The summed E-state index contributed by atoms with van der Waals surface area (Å²) in [5.41, 5.74) is 0.565. The molecule has 8 heteroatoms. The van der Waals surface area contributed by atoms with Gasteiger partial charge < -0.3 is 20.5 Å². The number of carbonyl (C=O) groups excluding carboxylic acids is 3. The van der Waals surface area contributed by atoms with Crippen LogP contribution in [0, 0.1) is 0 Å². The minimum Gasteiger partial charge on any atom is -0.480 e. The number of anilines is 1. The van der Waals surface area contributed by atoms with Gasteiger partial charge in [-0.1, -0.05) is 6.07 Å². The average Bonchev–Trinajstić information content (AvgIpc) is 2.82. The SMILES string of the molecule is CNCCCC(C=O)N1C(=O)c2cccc(NCC(=O)O)c2C1=O. The van der Waals surface area contributed by atoms with Crippen LogP contribution in [-0.2, 0) is 9.59 Å². The maximum atomic E-state index is 12.6. The summed E-state index contributed by atoms with van der Waals surface area (Å²) in [6.07, 6.45) is 1.60. The Kier molecular flexibility index (Phi) is 5.64. The predicted molar refractivity (Wildman–Crippen MR) is 86.1 cm³/mol. The number of hydrogen-bond acceptors (Lipinski definition) is 6. The Bertz CT molecular complexity index is 674. The first kappa shape index (κ1) is 17.6. The van der Waals surface area contributed by atoms with Gasteiger partial charge in [0.25, 0.3) is 11.8 Å². The van der Waals surface area contributed by atoms with Crippen molar-refractivity contribution < 1.29 is 24.3 Å². The van der Waals surface area contributed by atoms with E-state index in [1.54, 1.807) is 13.1 Å². The second-order valence-electron chi connectivity index (χ2n) is 5.40. The number of carboxylic acid groups (broad SMARTS) is 1. The summed E-state index contributed by atoms with van der Waals surface area (Å²) in [7, 11) is 1.78. The van der Waals surface area contributed by atoms with E-state index >= 15 is 0 Å². The molecule has 0 aromatic heterocycles. The molecule has 1 aromatic rings. The Morgan fingerprint density at radius 2 is 2.08 bits per heavy atom. The van der Waals surface area contributed by atoms with Crippen LogP contribution in [0.2, 0.25) is 0 Å². The molecule has 1 atom stereocenters. The van der Waals surface area contributed by atoms with Gasteiger partial charge in [-0.05, 0) is 38.6 Å². The summed E-state index contributed by atoms with van der Waals surface area (Å²) in [4.78, 5) is 48.2. The van der Waals surface area contributed by atoms with Crippen molar-refractivity contribution in [1.82, 2.24) is 10.2 Å². The number of benzene rings is 1. The molecule has 24 heavy (non-hydrogen) atoms. The van der Waals surface area contributed by atoms with Crippen molar-refractivity contribution >= 4 is 29.8 Å². The molecule has 0 spiro atoms. The van der Waals surface area contributed by atoms with Crippen LogP contribution in [0.1, 0.15) is 33.6 Å². The number of amides is 2. The van der Waals surface area contributed by atoms with Gasteiger partial charge >= 0.3 is 5.97 Å². The summed E-state index contributed by atoms with van der Waals surface area (Å²) in [5.74, 6) is -2.19. The van der Waals surface area contributed by atoms with Crippen LogP contribution in [0.15, 0.2) is 18.2 Å². The Hall–Kier alpha value is -2.74. The zero-order chi connectivity index (χ0) is 17.7. The number of fused-ring (bicyclic) bond motifs is 1. The van der Waals surface area contributed by atoms with E-state index in [-0.39, 0.29) is 23.4 Å². The molecular formula is C16H19N3O5. The molecule has 0 radical (unpaired) electrons. The van der Waals surface area contributed by atoms with E-state index in [1.807, 2.05) is 0 Å². The van der Waals surface area contributed by atoms with Crippen LogP contribution < -0.4 is 10.6 Å². The van der Waals surface area contributed by atoms with Crippen molar-refractivity contribution in [3.8, 4) is 0 Å². The fourth-order valence-electron chi connectivity index (χ4n) is 2.67. The monoisotopic (exact) mass is 333 g/mol. The van der Waals surface area contributed by atoms with Gasteiger partial charge in [-0.15, -0.1) is 0 Å². The third kappa shape index (κ3) is 3.43. The predicted octanol–water partition coefficient (Wildman–Crippen LogP) is 0.346. The molecule has 0 saturated carbocycles. The van der Waals surface area contributed by atoms with Crippen LogP contribution >= 0.6 is 0 Å². The second kappa shape index (κ2) is 7.69. The minimum atomic E-state index is -1.08. The van der Waals surface area contributed by atoms with E-state index in [2.05, 4.69) is 10.6 Å². The topological polar surface area (TPSA) is 116 Å². The fourth-order valence-corrected chi connectivity index (χ4v) is 2.67. The van der Waals surface area contributed by atoms with E-state index in [1.165, 1.54) is 12.1 Å². The zero-order valence-electron chi connectivity index (χ0n) is 13.2. The van der Waals surface area contributed by atoms with Crippen LogP contribution in [0.5, 0.6) is 0 Å². The van der Waals surface area contributed by atoms with Crippen LogP contribution in [0.3, 0.4) is 0 Å². The van der Waals surface area contributed by atoms with E-state index in [0.29, 0.717) is 25.7 Å². The first-order chi connectivity index (χ1) is 11.5. The van der Waals surface area contributed by atoms with Crippen molar-refractivity contribution in [3.05, 3.63) is 29.3 Å². The molecule has 1 aliphatic rings. The first-order valence-corrected chi connectivity index (χ1v) is 7.57. The molecule has 0 bridgehead atoms. The lowest BCUT2D eigenvalue weighted by atomic mass is 10.1. The molecule has 1 aromatic carbocycles. The molecule has 1 aliphatic heterocycles. The lowest BCUT2D eigenvalue weighted by Crippen LogP contribution is -2.41. The standard InChI is InChI=1S/C16H19N3O5/c1-17-7-3-4-10(9-20)19-15(23)11-5-2-6-12(14(11)16(19)24)18-8-13(21)22/h2,5-6,9-10,17-18H,3-4,7-8H2,1H3,(H,21,22). The third-order valence-corrected chi connectivity index (χ3v) is 3.79. The highest BCUT2D eigenvalue weighted by Crippen LogP contribution is 2.31. The zero-order valence-corrected chi connectivity index (χ0v) is 13.2. The molecule has 0 saturated heterocycles. The normalized spacial score (nSPS) is 14.5. The van der Waals surface area contributed by atoms with Gasteiger partial charge in [-0.25, -0.2) is 0 Å². The van der Waals surface area contributed by atoms with Crippen LogP contribution in [-0.4, -0.2) is 60.3 Å². The summed E-state index contributed by atoms with van der Waals surface area (Å²) in [5, 5.41) is 14.3. The number of nitrogens with zero attached hydrogens (tertiary/aromatic N) is 1. The van der Waals surface area contributed by atoms with Gasteiger partial charge in [0.1, 0.15) is 12.8 Å². The van der Waals surface area contributed by atoms with Crippen LogP contribution in [0.4, 0.5) is 5.69 Å². The number of aliphatic carboxylic acids is 1. The van der Waals surface area contributed by atoms with Gasteiger partial charge in [-0.2, -0.15) is 0 Å². The highest BCUT2D eigenvalue weighted by atomic mass is 16.4. The van der Waals surface area contributed by atoms with Crippen molar-refractivity contribution in [3.63, 3.8) is 0 Å². The highest BCUT2D eigenvalue weighted by Gasteiger charge is 2.41. The Morgan fingerprint density at radius 3 is 2.71 bits per heavy atom. The molecule has 0 aliphatic carbocycles. The maximum Gasteiger partial charge on any atom is 0.322 e. The Balaban J connectivity index is 2.28. The van der Waals surface area contributed by atoms with Gasteiger partial charge in [0.05, 0.1) is 17.2 Å². The summed E-state index contributed by atoms with van der Waals surface area (Å²) < 4.78 is 0. The van der Waals surface area contributed by atoms with Gasteiger partial charge in [0.15, 0.2) is 0 Å². The van der Waals surface area contributed by atoms with E-state index < -0.39 is 23.8 Å². The summed E-state index contributed by atoms with van der Waals surface area (Å²) in [6, 6.07) is 3.76. The largest absolute Gasteiger partial charge is 0.480 e. The van der Waals surface area contributed by atoms with Crippen molar-refractivity contribution in [1.29, 1.82) is 0 Å². The molecule has 2 rings (SSSR count). The molecule has 1 heterocycles. The summed E-state index contributed by atoms with van der Waals surface area (Å²) in [6.45, 7) is 0.288. The first-order valence-electron chi connectivity index (χ1n) is 7.57. The second-order valence-corrected chi connectivity index (χ2v) is 5.40. The Morgan fingerprint density at radius 1 is 1.33 bits per heavy atom. The average molecular weight is 333 g/mol. The lowest BCUT2D eigenvalue weighted by Gasteiger charge is -2.21. The number of rotatable bonds is 9. The molecular weight excluding hydrogens is 314 g/mol. The van der Waals surface area contributed by atoms with Gasteiger partial charge in [0.2, 0.25) is 0 Å². The minimum absolute atomic E-state index is 0.115. The lowest BCUT2D eigenvalue weighted by molar-refractivity contribution is -0.134. The number of carbonyl (C=O) groups is 4. The number of carboxylic acids is 1. The molecule has 3 N–H and O–H groups in total. The van der Waals surface area contributed by atoms with Crippen molar-refractivity contribution in [2.24, 2.45) is 0 Å². The highest BCUT2D eigenvalue weighted by molar-refractivity contribution is 6.24. The maximum absolute atomic E-state index is 12.6. The molecule has 128 valence electrons. The molecule has 2 amide bonds. The quantitative estimate of drug-likeness (QED) is 0.339. The molecule has 0 fully saturated rings. The number of imide groups is 1. The smallest absolute Gasteiger partial charge is 0.322 e. The van der Waals surface area contributed by atoms with E-state index in [4.69, 9.17) is 5.11 Å². The van der Waals surface area contributed by atoms with E-state index in [0.717, 1.165) is 4.90 Å². The van der Waals surface area contributed by atoms with Crippen LogP contribution in [0.25, 0.3) is 0 Å². The van der Waals surface area contributed by atoms with Crippen molar-refractivity contribution in [2.45, 2.75) is 18.9 Å². The number of hydrogen-bond donors (Lipinski definition) is 3. The molecule has 1 unspecified atom stereocenters. The third-order valence-electron chi connectivity index (χ3n) is 3.79. The van der Waals surface area contributed by atoms with E-state index in [9.17, 15) is 19.2 Å². The van der Waals surface area contributed by atoms with Gasteiger partial charge in [-0.3, -0.25) is 19.3 Å². The number of aldehydes is 1. The van der Waals surface area contributed by atoms with Crippen molar-refractivity contribution in [2.75, 3.05) is 25.5 Å². The van der Waals surface area contributed by atoms with Gasteiger partial charge in [0, 0.05) is 5.69 Å². The molecule has 8 nitrogen and oxygen atoms in total. The number of nitrogens with one attached hydrogen (secondary N) is 2. The Labute approximate surface area is 138 Å². The fraction of sp³-hybridized carbons (Fsp3) is 0.375.